The van der Waals surface area contributed by atoms with Crippen LogP contribution >= 0.6 is 0 Å². The Morgan fingerprint density at radius 3 is 2.35 bits per heavy atom. The topological polar surface area (TPSA) is 70.7 Å². The first-order chi connectivity index (χ1) is 10.9. The van der Waals surface area contributed by atoms with Crippen molar-refractivity contribution in [3.05, 3.63) is 24.3 Å². The summed E-state index contributed by atoms with van der Waals surface area (Å²) in [4.78, 5) is 25.5. The average molecular weight is 321 g/mol. The Hall–Kier alpha value is -2.08. The van der Waals surface area contributed by atoms with Crippen LogP contribution in [0.5, 0.6) is 5.75 Å². The average Bonchev–Trinajstić information content (AvgIpc) is 2.47. The molecular weight excluding hydrogens is 294 g/mol. The smallest absolute Gasteiger partial charge is 0.238 e. The van der Waals surface area contributed by atoms with E-state index in [1.165, 1.54) is 0 Å². The normalized spacial score (nSPS) is 11.9. The Morgan fingerprint density at radius 2 is 1.78 bits per heavy atom. The van der Waals surface area contributed by atoms with Gasteiger partial charge in [-0.15, -0.1) is 0 Å². The highest BCUT2D eigenvalue weighted by molar-refractivity contribution is 5.92. The number of benzene rings is 1. The third kappa shape index (κ3) is 7.65. The zero-order valence-electron chi connectivity index (χ0n) is 14.4. The van der Waals surface area contributed by atoms with Crippen molar-refractivity contribution in [2.24, 2.45) is 0 Å². The van der Waals surface area contributed by atoms with Gasteiger partial charge >= 0.3 is 0 Å². The molecule has 1 aromatic rings. The molecule has 6 heteroatoms. The number of carbonyl (C=O) groups is 2. The van der Waals surface area contributed by atoms with E-state index in [0.29, 0.717) is 5.69 Å². The zero-order chi connectivity index (χ0) is 17.2. The van der Waals surface area contributed by atoms with Gasteiger partial charge in [0, 0.05) is 11.7 Å². The van der Waals surface area contributed by atoms with Gasteiger partial charge in [0.1, 0.15) is 5.75 Å². The van der Waals surface area contributed by atoms with E-state index < -0.39 is 0 Å². The van der Waals surface area contributed by atoms with E-state index in [0.717, 1.165) is 18.6 Å². The summed E-state index contributed by atoms with van der Waals surface area (Å²) in [5.41, 5.74) is 0.699. The lowest BCUT2D eigenvalue weighted by Crippen LogP contribution is -2.41. The van der Waals surface area contributed by atoms with Gasteiger partial charge in [-0.25, -0.2) is 0 Å². The number of hydrogen-bond acceptors (Lipinski definition) is 4. The molecule has 0 spiro atoms. The van der Waals surface area contributed by atoms with Crippen LogP contribution in [0.1, 0.15) is 26.7 Å². The van der Waals surface area contributed by atoms with E-state index in [1.54, 1.807) is 43.3 Å². The van der Waals surface area contributed by atoms with E-state index in [2.05, 4.69) is 17.6 Å². The lowest BCUT2D eigenvalue weighted by atomic mass is 10.2. The summed E-state index contributed by atoms with van der Waals surface area (Å²) in [7, 11) is 3.34. The fourth-order valence-electron chi connectivity index (χ4n) is 2.25. The molecule has 0 saturated heterocycles. The number of methoxy groups -OCH3 is 1. The molecule has 1 aromatic carbocycles. The Kier molecular flexibility index (Phi) is 8.11. The van der Waals surface area contributed by atoms with E-state index >= 15 is 0 Å². The highest BCUT2D eigenvalue weighted by Gasteiger charge is 2.12. The Bertz CT molecular complexity index is 502. The number of amides is 2. The maximum absolute atomic E-state index is 12.0. The van der Waals surface area contributed by atoms with Gasteiger partial charge < -0.3 is 15.4 Å². The van der Waals surface area contributed by atoms with Gasteiger partial charge in [-0.05, 0) is 44.7 Å². The van der Waals surface area contributed by atoms with Gasteiger partial charge in [-0.1, -0.05) is 13.3 Å². The number of carbonyl (C=O) groups excluding carboxylic acids is 2. The minimum absolute atomic E-state index is 0.0642. The van der Waals surface area contributed by atoms with Crippen LogP contribution in [0.15, 0.2) is 24.3 Å². The molecule has 0 fully saturated rings. The summed E-state index contributed by atoms with van der Waals surface area (Å²) in [6.07, 6.45) is 1.98. The highest BCUT2D eigenvalue weighted by atomic mass is 16.5. The van der Waals surface area contributed by atoms with Crippen molar-refractivity contribution in [2.75, 3.05) is 32.6 Å². The molecule has 0 heterocycles. The molecule has 1 rings (SSSR count). The largest absolute Gasteiger partial charge is 0.497 e. The second-order valence-electron chi connectivity index (χ2n) is 5.71. The zero-order valence-corrected chi connectivity index (χ0v) is 14.4. The van der Waals surface area contributed by atoms with Crippen LogP contribution in [0.2, 0.25) is 0 Å². The monoisotopic (exact) mass is 321 g/mol. The quantitative estimate of drug-likeness (QED) is 0.728. The van der Waals surface area contributed by atoms with Gasteiger partial charge in [0.15, 0.2) is 0 Å². The van der Waals surface area contributed by atoms with E-state index in [-0.39, 0.29) is 30.9 Å². The van der Waals surface area contributed by atoms with Crippen molar-refractivity contribution in [1.82, 2.24) is 10.2 Å². The Balaban J connectivity index is 2.36. The predicted octanol–water partition coefficient (Wildman–Crippen LogP) is 1.87. The maximum atomic E-state index is 12.0. The third-order valence-electron chi connectivity index (χ3n) is 3.33. The number of likely N-dealkylation sites (N-methyl/N-ethyl adjacent to an activating group) is 1. The fourth-order valence-corrected chi connectivity index (χ4v) is 2.25. The van der Waals surface area contributed by atoms with Crippen LogP contribution in [0, 0.1) is 0 Å². The summed E-state index contributed by atoms with van der Waals surface area (Å²) in [6.45, 7) is 4.42. The number of anilines is 1. The van der Waals surface area contributed by atoms with Crippen LogP contribution in [0.4, 0.5) is 5.69 Å². The SMILES string of the molecule is CCCC(C)NC(=O)CN(C)CC(=O)Nc1ccc(OC)cc1. The first kappa shape index (κ1) is 19.0. The standard InChI is InChI=1S/C17H27N3O3/c1-5-6-13(2)18-16(21)11-20(3)12-17(22)19-14-7-9-15(23-4)10-8-14/h7-10,13H,5-6,11-12H2,1-4H3,(H,18,21)(H,19,22). The molecule has 0 radical (unpaired) electrons. The molecule has 0 saturated carbocycles. The Morgan fingerprint density at radius 1 is 1.17 bits per heavy atom. The third-order valence-corrected chi connectivity index (χ3v) is 3.33. The van der Waals surface area contributed by atoms with Gasteiger partial charge in [0.05, 0.1) is 20.2 Å². The molecule has 0 bridgehead atoms. The van der Waals surface area contributed by atoms with Crippen LogP contribution in [0.3, 0.4) is 0 Å². The molecule has 0 aromatic heterocycles. The molecule has 2 N–H and O–H groups in total. The Labute approximate surface area is 138 Å². The van der Waals surface area contributed by atoms with E-state index in [1.807, 2.05) is 6.92 Å². The van der Waals surface area contributed by atoms with E-state index in [9.17, 15) is 9.59 Å². The minimum atomic E-state index is -0.160. The molecule has 1 unspecified atom stereocenters. The van der Waals surface area contributed by atoms with Gasteiger partial charge in [-0.2, -0.15) is 0 Å². The molecule has 6 nitrogen and oxygen atoms in total. The van der Waals surface area contributed by atoms with Gasteiger partial charge in [0.25, 0.3) is 0 Å². The van der Waals surface area contributed by atoms with Crippen molar-refractivity contribution >= 4 is 17.5 Å². The number of nitrogens with one attached hydrogen (secondary N) is 2. The summed E-state index contributed by atoms with van der Waals surface area (Å²) >= 11 is 0. The maximum Gasteiger partial charge on any atom is 0.238 e. The summed E-state index contributed by atoms with van der Waals surface area (Å²) in [6, 6.07) is 7.27. The van der Waals surface area contributed by atoms with Crippen LogP contribution < -0.4 is 15.4 Å². The van der Waals surface area contributed by atoms with Crippen molar-refractivity contribution in [2.45, 2.75) is 32.7 Å². The summed E-state index contributed by atoms with van der Waals surface area (Å²) < 4.78 is 5.07. The predicted molar refractivity (Wildman–Crippen MR) is 91.6 cm³/mol. The van der Waals surface area contributed by atoms with Crippen LogP contribution in [0.25, 0.3) is 0 Å². The molecule has 0 aliphatic carbocycles. The van der Waals surface area contributed by atoms with Crippen molar-refractivity contribution < 1.29 is 14.3 Å². The fraction of sp³-hybridized carbons (Fsp3) is 0.529. The number of rotatable bonds is 9. The molecular formula is C17H27N3O3. The first-order valence-corrected chi connectivity index (χ1v) is 7.86. The summed E-state index contributed by atoms with van der Waals surface area (Å²) in [5, 5.41) is 5.71. The van der Waals surface area contributed by atoms with Crippen molar-refractivity contribution in [3.8, 4) is 5.75 Å². The lowest BCUT2D eigenvalue weighted by molar-refractivity contribution is -0.123. The van der Waals surface area contributed by atoms with Gasteiger partial charge in [-0.3, -0.25) is 14.5 Å². The molecule has 23 heavy (non-hydrogen) atoms. The molecule has 2 amide bonds. The molecule has 128 valence electrons. The van der Waals surface area contributed by atoms with Crippen molar-refractivity contribution in [1.29, 1.82) is 0 Å². The number of nitrogens with zero attached hydrogens (tertiary/aromatic N) is 1. The molecule has 0 aliphatic heterocycles. The molecule has 1 atom stereocenters. The number of hydrogen-bond donors (Lipinski definition) is 2. The van der Waals surface area contributed by atoms with Crippen molar-refractivity contribution in [3.63, 3.8) is 0 Å². The number of ether oxygens (including phenoxy) is 1. The van der Waals surface area contributed by atoms with Crippen LogP contribution in [-0.2, 0) is 9.59 Å². The minimum Gasteiger partial charge on any atom is -0.497 e. The van der Waals surface area contributed by atoms with E-state index in [4.69, 9.17) is 4.74 Å². The van der Waals surface area contributed by atoms with Gasteiger partial charge in [0.2, 0.25) is 11.8 Å². The lowest BCUT2D eigenvalue weighted by Gasteiger charge is -2.18. The summed E-state index contributed by atoms with van der Waals surface area (Å²) in [5.74, 6) is 0.510. The molecule has 0 aliphatic rings. The van der Waals surface area contributed by atoms with Crippen LogP contribution in [-0.4, -0.2) is 50.0 Å². The highest BCUT2D eigenvalue weighted by Crippen LogP contribution is 2.14. The second-order valence-corrected chi connectivity index (χ2v) is 5.71. The first-order valence-electron chi connectivity index (χ1n) is 7.86. The second kappa shape index (κ2) is 9.84.